The molecule has 0 aliphatic rings. The molecule has 0 aliphatic heterocycles. The van der Waals surface area contributed by atoms with Gasteiger partial charge >= 0.3 is 0 Å². The maximum Gasteiger partial charge on any atom is 0.163 e. The van der Waals surface area contributed by atoms with E-state index in [9.17, 15) is 0 Å². The van der Waals surface area contributed by atoms with Crippen LogP contribution >= 0.6 is 0 Å². The number of nitrogens with zero attached hydrogens (tertiary/aromatic N) is 3. The molecule has 0 fully saturated rings. The van der Waals surface area contributed by atoms with E-state index in [1.807, 2.05) is 11.6 Å². The van der Waals surface area contributed by atoms with Crippen molar-refractivity contribution in [2.45, 2.75) is 13.5 Å². The Bertz CT molecular complexity index is 729. The minimum absolute atomic E-state index is 0.824. The molecule has 1 heterocycles. The zero-order valence-electron chi connectivity index (χ0n) is 12.2. The molecule has 1 N–H and O–H groups in total. The van der Waals surface area contributed by atoms with Gasteiger partial charge in [0.15, 0.2) is 5.82 Å². The van der Waals surface area contributed by atoms with E-state index in [0.717, 1.165) is 23.6 Å². The van der Waals surface area contributed by atoms with Gasteiger partial charge in [0.1, 0.15) is 6.33 Å². The van der Waals surface area contributed by atoms with Crippen LogP contribution < -0.4 is 5.32 Å². The third-order valence-corrected chi connectivity index (χ3v) is 3.43. The molecule has 3 rings (SSSR count). The van der Waals surface area contributed by atoms with Crippen molar-refractivity contribution in [3.05, 3.63) is 66.0 Å². The standard InChI is InChI=1S/C17H18N4/c1-13-4-3-5-14(10-13)11-18-16-8-6-15(7-9-16)17-20-19-12-21(17)2/h3-10,12,18H,11H2,1-2H3. The number of anilines is 1. The Balaban J connectivity index is 1.69. The topological polar surface area (TPSA) is 42.7 Å². The molecule has 106 valence electrons. The van der Waals surface area contributed by atoms with E-state index >= 15 is 0 Å². The smallest absolute Gasteiger partial charge is 0.163 e. The Labute approximate surface area is 124 Å². The second-order valence-corrected chi connectivity index (χ2v) is 5.19. The molecular weight excluding hydrogens is 260 g/mol. The van der Waals surface area contributed by atoms with E-state index in [-0.39, 0.29) is 0 Å². The highest BCUT2D eigenvalue weighted by molar-refractivity contribution is 5.59. The highest BCUT2D eigenvalue weighted by Gasteiger charge is 2.03. The van der Waals surface area contributed by atoms with Crippen LogP contribution in [0.25, 0.3) is 11.4 Å². The molecule has 0 aliphatic carbocycles. The molecule has 0 spiro atoms. The minimum atomic E-state index is 0.824. The van der Waals surface area contributed by atoms with Crippen molar-refractivity contribution in [2.24, 2.45) is 7.05 Å². The van der Waals surface area contributed by atoms with Crippen LogP contribution in [0.15, 0.2) is 54.9 Å². The molecule has 2 aromatic carbocycles. The fraction of sp³-hybridized carbons (Fsp3) is 0.176. The molecule has 3 aromatic rings. The first-order valence-electron chi connectivity index (χ1n) is 6.96. The zero-order valence-corrected chi connectivity index (χ0v) is 12.2. The monoisotopic (exact) mass is 278 g/mol. The summed E-state index contributed by atoms with van der Waals surface area (Å²) >= 11 is 0. The lowest BCUT2D eigenvalue weighted by Crippen LogP contribution is -1.99. The minimum Gasteiger partial charge on any atom is -0.381 e. The third-order valence-electron chi connectivity index (χ3n) is 3.43. The maximum absolute atomic E-state index is 4.11. The normalized spacial score (nSPS) is 10.6. The summed E-state index contributed by atoms with van der Waals surface area (Å²) in [5.41, 5.74) is 4.73. The molecule has 0 bridgehead atoms. The molecule has 4 nitrogen and oxygen atoms in total. The number of nitrogens with one attached hydrogen (secondary N) is 1. The van der Waals surface area contributed by atoms with E-state index in [4.69, 9.17) is 0 Å². The number of aromatic nitrogens is 3. The molecule has 4 heteroatoms. The molecule has 0 unspecified atom stereocenters. The first-order chi connectivity index (χ1) is 10.2. The van der Waals surface area contributed by atoms with Crippen molar-refractivity contribution in [1.29, 1.82) is 0 Å². The Morgan fingerprint density at radius 2 is 1.90 bits per heavy atom. The van der Waals surface area contributed by atoms with Crippen molar-refractivity contribution in [3.63, 3.8) is 0 Å². The fourth-order valence-electron chi connectivity index (χ4n) is 2.31. The summed E-state index contributed by atoms with van der Waals surface area (Å²) in [7, 11) is 1.94. The van der Waals surface area contributed by atoms with Crippen LogP contribution in [-0.2, 0) is 13.6 Å². The molecule has 0 saturated heterocycles. The van der Waals surface area contributed by atoms with Crippen molar-refractivity contribution in [1.82, 2.24) is 14.8 Å². The second kappa shape index (κ2) is 5.79. The molecule has 0 saturated carbocycles. The van der Waals surface area contributed by atoms with Crippen LogP contribution in [0.1, 0.15) is 11.1 Å². The van der Waals surface area contributed by atoms with Gasteiger partial charge in [-0.05, 0) is 36.8 Å². The summed E-state index contributed by atoms with van der Waals surface area (Å²) in [5.74, 6) is 0.875. The highest BCUT2D eigenvalue weighted by atomic mass is 15.2. The maximum atomic E-state index is 4.11. The molecule has 21 heavy (non-hydrogen) atoms. The molecule has 0 amide bonds. The van der Waals surface area contributed by atoms with Gasteiger partial charge < -0.3 is 9.88 Å². The van der Waals surface area contributed by atoms with Crippen LogP contribution in [0.5, 0.6) is 0 Å². The van der Waals surface area contributed by atoms with Gasteiger partial charge in [-0.1, -0.05) is 29.8 Å². The van der Waals surface area contributed by atoms with Gasteiger partial charge in [0.25, 0.3) is 0 Å². The van der Waals surface area contributed by atoms with Crippen LogP contribution in [0.4, 0.5) is 5.69 Å². The van der Waals surface area contributed by atoms with Gasteiger partial charge in [-0.3, -0.25) is 0 Å². The number of hydrogen-bond acceptors (Lipinski definition) is 3. The quantitative estimate of drug-likeness (QED) is 0.795. The van der Waals surface area contributed by atoms with E-state index < -0.39 is 0 Å². The van der Waals surface area contributed by atoms with Gasteiger partial charge in [0.05, 0.1) is 0 Å². The summed E-state index contributed by atoms with van der Waals surface area (Å²) in [6.07, 6.45) is 1.71. The summed E-state index contributed by atoms with van der Waals surface area (Å²) in [4.78, 5) is 0. The highest BCUT2D eigenvalue weighted by Crippen LogP contribution is 2.19. The van der Waals surface area contributed by atoms with Crippen LogP contribution in [0.3, 0.4) is 0 Å². The fourth-order valence-corrected chi connectivity index (χ4v) is 2.31. The predicted molar refractivity (Wildman–Crippen MR) is 84.9 cm³/mol. The van der Waals surface area contributed by atoms with Gasteiger partial charge in [-0.2, -0.15) is 0 Å². The zero-order chi connectivity index (χ0) is 14.7. The van der Waals surface area contributed by atoms with Gasteiger partial charge in [-0.25, -0.2) is 0 Å². The van der Waals surface area contributed by atoms with Gasteiger partial charge in [0, 0.05) is 24.8 Å². The van der Waals surface area contributed by atoms with E-state index in [1.54, 1.807) is 6.33 Å². The average Bonchev–Trinajstić information content (AvgIpc) is 2.92. The van der Waals surface area contributed by atoms with Crippen molar-refractivity contribution in [2.75, 3.05) is 5.32 Å². The van der Waals surface area contributed by atoms with E-state index in [1.165, 1.54) is 11.1 Å². The number of benzene rings is 2. The molecule has 0 radical (unpaired) electrons. The first-order valence-corrected chi connectivity index (χ1v) is 6.96. The lowest BCUT2D eigenvalue weighted by Gasteiger charge is -2.08. The SMILES string of the molecule is Cc1cccc(CNc2ccc(-c3nncn3C)cc2)c1. The number of rotatable bonds is 4. The molecule has 0 atom stereocenters. The van der Waals surface area contributed by atoms with Crippen molar-refractivity contribution < 1.29 is 0 Å². The second-order valence-electron chi connectivity index (χ2n) is 5.19. The summed E-state index contributed by atoms with van der Waals surface area (Å²) in [6.45, 7) is 2.93. The lowest BCUT2D eigenvalue weighted by atomic mass is 10.1. The average molecular weight is 278 g/mol. The van der Waals surface area contributed by atoms with Crippen LogP contribution in [0, 0.1) is 6.92 Å². The lowest BCUT2D eigenvalue weighted by molar-refractivity contribution is 0.920. The Hall–Kier alpha value is -2.62. The van der Waals surface area contributed by atoms with Crippen molar-refractivity contribution in [3.8, 4) is 11.4 Å². The molecular formula is C17H18N4. The largest absolute Gasteiger partial charge is 0.381 e. The predicted octanol–water partition coefficient (Wildman–Crippen LogP) is 3.40. The van der Waals surface area contributed by atoms with E-state index in [2.05, 4.69) is 71.0 Å². The Kier molecular flexibility index (Phi) is 3.69. The van der Waals surface area contributed by atoms with Gasteiger partial charge in [-0.15, -0.1) is 10.2 Å². The van der Waals surface area contributed by atoms with Crippen LogP contribution in [-0.4, -0.2) is 14.8 Å². The Morgan fingerprint density at radius 3 is 2.57 bits per heavy atom. The van der Waals surface area contributed by atoms with Crippen molar-refractivity contribution >= 4 is 5.69 Å². The summed E-state index contributed by atoms with van der Waals surface area (Å²) < 4.78 is 1.91. The van der Waals surface area contributed by atoms with Crippen LogP contribution in [0.2, 0.25) is 0 Å². The summed E-state index contributed by atoms with van der Waals surface area (Å²) in [5, 5.41) is 11.4. The Morgan fingerprint density at radius 1 is 1.10 bits per heavy atom. The summed E-state index contributed by atoms with van der Waals surface area (Å²) in [6, 6.07) is 16.8. The third kappa shape index (κ3) is 3.11. The van der Waals surface area contributed by atoms with Gasteiger partial charge in [0.2, 0.25) is 0 Å². The number of hydrogen-bond donors (Lipinski definition) is 1. The molecule has 1 aromatic heterocycles. The number of aryl methyl sites for hydroxylation is 2. The first kappa shape index (κ1) is 13.4. The van der Waals surface area contributed by atoms with E-state index in [0.29, 0.717) is 0 Å².